The first kappa shape index (κ1) is 20.7. The van der Waals surface area contributed by atoms with Crippen molar-refractivity contribution in [1.82, 2.24) is 0 Å². The molecule has 0 heterocycles. The maximum Gasteiger partial charge on any atom is 0.491 e. The van der Waals surface area contributed by atoms with Crippen molar-refractivity contribution in [2.45, 2.75) is 58.7 Å². The predicted octanol–water partition coefficient (Wildman–Crippen LogP) is 1.87. The van der Waals surface area contributed by atoms with Crippen molar-refractivity contribution >= 4 is 18.6 Å². The van der Waals surface area contributed by atoms with E-state index in [1.807, 2.05) is 58.0 Å². The van der Waals surface area contributed by atoms with E-state index in [1.54, 1.807) is 0 Å². The van der Waals surface area contributed by atoms with Crippen molar-refractivity contribution in [3.8, 4) is 0 Å². The number of esters is 1. The first-order valence-electron chi connectivity index (χ1n) is 8.51. The molecule has 134 valence electrons. The van der Waals surface area contributed by atoms with Crippen LogP contribution in [0.4, 0.5) is 0 Å². The zero-order valence-electron chi connectivity index (χ0n) is 15.2. The smallest absolute Gasteiger partial charge is 0.460 e. The summed E-state index contributed by atoms with van der Waals surface area (Å²) in [7, 11) is -0.989. The Morgan fingerprint density at radius 2 is 1.92 bits per heavy atom. The number of carbonyl (C=O) groups is 1. The summed E-state index contributed by atoms with van der Waals surface area (Å²) in [5.74, 6) is -0.135. The molecule has 0 aliphatic rings. The van der Waals surface area contributed by atoms with Gasteiger partial charge in [-0.1, -0.05) is 37.3 Å². The van der Waals surface area contributed by atoms with Gasteiger partial charge in [-0.2, -0.15) is 0 Å². The van der Waals surface area contributed by atoms with Crippen LogP contribution in [0.5, 0.6) is 0 Å². The lowest BCUT2D eigenvalue weighted by molar-refractivity contribution is -0.156. The van der Waals surface area contributed by atoms with Gasteiger partial charge >= 0.3 is 13.1 Å². The number of benzene rings is 1. The molecular weight excluding hydrogens is 305 g/mol. The normalized spacial score (nSPS) is 14.1. The van der Waals surface area contributed by atoms with E-state index in [-0.39, 0.29) is 18.0 Å². The number of nitrogens with two attached hydrogens (primary N) is 1. The third-order valence-corrected chi connectivity index (χ3v) is 3.50. The molecule has 2 atom stereocenters. The monoisotopic (exact) mass is 335 g/mol. The Morgan fingerprint density at radius 3 is 2.46 bits per heavy atom. The first-order valence-corrected chi connectivity index (χ1v) is 8.51. The predicted molar refractivity (Wildman–Crippen MR) is 96.8 cm³/mol. The SMILES string of the molecule is C[C@@H](CC(=O)OC(C)(C)C)C[C@@H](CCN)OB(O)c1ccccc1. The van der Waals surface area contributed by atoms with E-state index in [2.05, 4.69) is 0 Å². The van der Waals surface area contributed by atoms with Crippen LogP contribution in [-0.4, -0.2) is 36.4 Å². The topological polar surface area (TPSA) is 81.8 Å². The quantitative estimate of drug-likeness (QED) is 0.532. The van der Waals surface area contributed by atoms with Gasteiger partial charge in [0.15, 0.2) is 0 Å². The molecule has 6 heteroatoms. The number of carbonyl (C=O) groups excluding carboxylic acids is 1. The molecule has 1 rings (SSSR count). The lowest BCUT2D eigenvalue weighted by Crippen LogP contribution is -2.38. The Labute approximate surface area is 145 Å². The molecular formula is C18H30BNO4. The van der Waals surface area contributed by atoms with Gasteiger partial charge in [-0.25, -0.2) is 0 Å². The van der Waals surface area contributed by atoms with Crippen LogP contribution in [0.25, 0.3) is 0 Å². The van der Waals surface area contributed by atoms with Crippen LogP contribution in [0.15, 0.2) is 30.3 Å². The third-order valence-electron chi connectivity index (χ3n) is 3.50. The van der Waals surface area contributed by atoms with E-state index < -0.39 is 12.7 Å². The van der Waals surface area contributed by atoms with Gasteiger partial charge in [0.25, 0.3) is 0 Å². The van der Waals surface area contributed by atoms with Crippen LogP contribution >= 0.6 is 0 Å². The zero-order valence-corrected chi connectivity index (χ0v) is 15.2. The molecule has 0 radical (unpaired) electrons. The average molecular weight is 335 g/mol. The first-order chi connectivity index (χ1) is 11.2. The second kappa shape index (κ2) is 9.82. The van der Waals surface area contributed by atoms with Gasteiger partial charge in [0.05, 0.1) is 0 Å². The van der Waals surface area contributed by atoms with Gasteiger partial charge < -0.3 is 20.1 Å². The van der Waals surface area contributed by atoms with Crippen LogP contribution in [-0.2, 0) is 14.2 Å². The summed E-state index contributed by atoms with van der Waals surface area (Å²) >= 11 is 0. The Bertz CT molecular complexity index is 490. The van der Waals surface area contributed by atoms with Crippen LogP contribution in [0.3, 0.4) is 0 Å². The third kappa shape index (κ3) is 8.48. The summed E-state index contributed by atoms with van der Waals surface area (Å²) in [6.07, 6.45) is 1.38. The minimum Gasteiger partial charge on any atom is -0.460 e. The maximum atomic E-state index is 11.9. The largest absolute Gasteiger partial charge is 0.491 e. The fraction of sp³-hybridized carbons (Fsp3) is 0.611. The Morgan fingerprint density at radius 1 is 1.29 bits per heavy atom. The van der Waals surface area contributed by atoms with Gasteiger partial charge in [0.1, 0.15) is 5.60 Å². The highest BCUT2D eigenvalue weighted by Gasteiger charge is 2.25. The molecule has 24 heavy (non-hydrogen) atoms. The molecule has 0 saturated carbocycles. The van der Waals surface area contributed by atoms with Crippen molar-refractivity contribution < 1.29 is 19.2 Å². The molecule has 5 nitrogen and oxygen atoms in total. The molecule has 3 N–H and O–H groups in total. The summed E-state index contributed by atoms with van der Waals surface area (Å²) < 4.78 is 11.1. The number of hydrogen-bond acceptors (Lipinski definition) is 5. The molecule has 0 aliphatic heterocycles. The lowest BCUT2D eigenvalue weighted by Gasteiger charge is -2.24. The minimum absolute atomic E-state index is 0.0828. The van der Waals surface area contributed by atoms with E-state index in [0.717, 1.165) is 0 Å². The van der Waals surface area contributed by atoms with Crippen molar-refractivity contribution in [2.24, 2.45) is 11.7 Å². The molecule has 0 bridgehead atoms. The summed E-state index contributed by atoms with van der Waals surface area (Å²) in [5, 5.41) is 10.2. The van der Waals surface area contributed by atoms with Crippen LogP contribution < -0.4 is 11.2 Å². The maximum absolute atomic E-state index is 11.9. The standard InChI is InChI=1S/C18H30BNO4/c1-14(13-17(21)23-18(2,3)4)12-16(10-11-20)24-19(22)15-8-6-5-7-9-15/h5-9,14,16,22H,10-13,20H2,1-4H3/t14-,16-/m1/s1. The number of rotatable bonds is 9. The molecule has 0 aromatic heterocycles. The second-order valence-electron chi connectivity index (χ2n) is 7.23. The average Bonchev–Trinajstić information content (AvgIpc) is 2.46. The molecule has 0 aliphatic carbocycles. The van der Waals surface area contributed by atoms with E-state index in [9.17, 15) is 9.82 Å². The Balaban J connectivity index is 2.54. The molecule has 0 unspecified atom stereocenters. The van der Waals surface area contributed by atoms with Gasteiger partial charge in [-0.05, 0) is 51.5 Å². The minimum atomic E-state index is -0.989. The second-order valence-corrected chi connectivity index (χ2v) is 7.23. The van der Waals surface area contributed by atoms with Gasteiger partial charge in [0.2, 0.25) is 0 Å². The van der Waals surface area contributed by atoms with Gasteiger partial charge in [-0.3, -0.25) is 4.79 Å². The van der Waals surface area contributed by atoms with Crippen molar-refractivity contribution in [1.29, 1.82) is 0 Å². The van der Waals surface area contributed by atoms with Crippen LogP contribution in [0.1, 0.15) is 47.0 Å². The van der Waals surface area contributed by atoms with Crippen molar-refractivity contribution in [3.63, 3.8) is 0 Å². The van der Waals surface area contributed by atoms with Gasteiger partial charge in [-0.15, -0.1) is 0 Å². The fourth-order valence-corrected chi connectivity index (χ4v) is 2.51. The molecule has 0 amide bonds. The Hall–Kier alpha value is -1.37. The highest BCUT2D eigenvalue weighted by atomic mass is 16.6. The van der Waals surface area contributed by atoms with Crippen molar-refractivity contribution in [2.75, 3.05) is 6.54 Å². The highest BCUT2D eigenvalue weighted by Crippen LogP contribution is 2.18. The fourth-order valence-electron chi connectivity index (χ4n) is 2.51. The number of ether oxygens (including phenoxy) is 1. The van der Waals surface area contributed by atoms with Crippen LogP contribution in [0, 0.1) is 5.92 Å². The van der Waals surface area contributed by atoms with E-state index in [0.29, 0.717) is 31.3 Å². The van der Waals surface area contributed by atoms with Gasteiger partial charge in [0, 0.05) is 12.5 Å². The lowest BCUT2D eigenvalue weighted by atomic mass is 9.79. The van der Waals surface area contributed by atoms with E-state index in [1.165, 1.54) is 0 Å². The van der Waals surface area contributed by atoms with Crippen molar-refractivity contribution in [3.05, 3.63) is 30.3 Å². The van der Waals surface area contributed by atoms with E-state index in [4.69, 9.17) is 15.1 Å². The molecule has 0 saturated heterocycles. The molecule has 0 spiro atoms. The summed E-state index contributed by atoms with van der Waals surface area (Å²) in [4.78, 5) is 11.9. The highest BCUT2D eigenvalue weighted by molar-refractivity contribution is 6.59. The van der Waals surface area contributed by atoms with Crippen LogP contribution in [0.2, 0.25) is 0 Å². The Kier molecular flexibility index (Phi) is 8.46. The molecule has 1 aromatic rings. The zero-order chi connectivity index (χ0) is 18.2. The number of hydrogen-bond donors (Lipinski definition) is 2. The summed E-state index contributed by atoms with van der Waals surface area (Å²) in [6, 6.07) is 9.22. The van der Waals surface area contributed by atoms with E-state index >= 15 is 0 Å². The summed E-state index contributed by atoms with van der Waals surface area (Å²) in [6.45, 7) is 8.00. The summed E-state index contributed by atoms with van der Waals surface area (Å²) in [5.41, 5.74) is 5.88. The molecule has 1 aromatic carbocycles. The molecule has 0 fully saturated rings.